The highest BCUT2D eigenvalue weighted by atomic mass is 32.2. The van der Waals surface area contributed by atoms with E-state index >= 15 is 0 Å². The second-order valence-electron chi connectivity index (χ2n) is 6.84. The largest absolute Gasteiger partial charge is 0.355 e. The van der Waals surface area contributed by atoms with Crippen molar-refractivity contribution in [1.29, 1.82) is 0 Å². The topological polar surface area (TPSA) is 29.1 Å². The van der Waals surface area contributed by atoms with Crippen LogP contribution in [0.4, 0.5) is 0 Å². The van der Waals surface area contributed by atoms with Crippen LogP contribution in [0.15, 0.2) is 0 Å². The van der Waals surface area contributed by atoms with Crippen LogP contribution in [-0.2, 0) is 4.79 Å². The Balaban J connectivity index is 3.83. The summed E-state index contributed by atoms with van der Waals surface area (Å²) < 4.78 is 0.166. The monoisotopic (exact) mass is 273 g/mol. The minimum absolute atomic E-state index is 0.166. The number of carbonyl (C=O) groups excluding carboxylic acids is 1. The average Bonchev–Trinajstić information content (AvgIpc) is 2.18. The van der Waals surface area contributed by atoms with Gasteiger partial charge in [0.05, 0.1) is 5.75 Å². The molecule has 108 valence electrons. The van der Waals surface area contributed by atoms with Crippen LogP contribution in [0, 0.1) is 5.41 Å². The first-order valence-corrected chi connectivity index (χ1v) is 8.05. The molecule has 1 N–H and O–H groups in total. The van der Waals surface area contributed by atoms with Gasteiger partial charge in [-0.2, -0.15) is 0 Å². The van der Waals surface area contributed by atoms with E-state index < -0.39 is 0 Å². The third-order valence-electron chi connectivity index (χ3n) is 2.65. The lowest BCUT2D eigenvalue weighted by Crippen LogP contribution is -2.30. The number of thioether (sulfide) groups is 1. The molecule has 0 rings (SSSR count). The van der Waals surface area contributed by atoms with E-state index in [1.807, 2.05) is 0 Å². The number of unbranched alkanes of at least 4 members (excludes halogenated alkanes) is 2. The van der Waals surface area contributed by atoms with Gasteiger partial charge in [-0.1, -0.05) is 54.4 Å². The van der Waals surface area contributed by atoms with Crippen LogP contribution in [0.5, 0.6) is 0 Å². The molecule has 0 saturated heterocycles. The predicted octanol–water partition coefficient (Wildman–Crippen LogP) is 4.24. The summed E-state index contributed by atoms with van der Waals surface area (Å²) in [5.74, 6) is 0.757. The summed E-state index contributed by atoms with van der Waals surface area (Å²) in [6, 6.07) is 0. The van der Waals surface area contributed by atoms with Crippen LogP contribution in [-0.4, -0.2) is 23.0 Å². The van der Waals surface area contributed by atoms with Gasteiger partial charge in [0.15, 0.2) is 0 Å². The van der Waals surface area contributed by atoms with Crippen molar-refractivity contribution in [2.24, 2.45) is 5.41 Å². The van der Waals surface area contributed by atoms with Gasteiger partial charge in [0, 0.05) is 11.3 Å². The molecule has 0 aromatic carbocycles. The molecular weight excluding hydrogens is 242 g/mol. The summed E-state index contributed by atoms with van der Waals surface area (Å²) >= 11 is 1.77. The maximum Gasteiger partial charge on any atom is 0.230 e. The Kier molecular flexibility index (Phi) is 8.00. The quantitative estimate of drug-likeness (QED) is 0.670. The highest BCUT2D eigenvalue weighted by molar-refractivity contribution is 8.01. The van der Waals surface area contributed by atoms with E-state index in [0.717, 1.165) is 19.4 Å². The summed E-state index contributed by atoms with van der Waals surface area (Å²) in [4.78, 5) is 11.7. The molecule has 0 unspecified atom stereocenters. The van der Waals surface area contributed by atoms with Gasteiger partial charge in [-0.3, -0.25) is 4.79 Å². The van der Waals surface area contributed by atoms with E-state index in [-0.39, 0.29) is 10.7 Å². The second-order valence-corrected chi connectivity index (χ2v) is 8.53. The van der Waals surface area contributed by atoms with Crippen molar-refractivity contribution in [3.8, 4) is 0 Å². The number of carbonyl (C=O) groups is 1. The van der Waals surface area contributed by atoms with Crippen molar-refractivity contribution in [3.63, 3.8) is 0 Å². The Morgan fingerprint density at radius 3 is 2.22 bits per heavy atom. The van der Waals surface area contributed by atoms with Gasteiger partial charge in [0.2, 0.25) is 5.91 Å². The van der Waals surface area contributed by atoms with Crippen LogP contribution in [0.25, 0.3) is 0 Å². The lowest BCUT2D eigenvalue weighted by Gasteiger charge is -2.31. The zero-order chi connectivity index (χ0) is 14.2. The van der Waals surface area contributed by atoms with Crippen LogP contribution in [0.2, 0.25) is 0 Å². The highest BCUT2D eigenvalue weighted by Crippen LogP contribution is 2.36. The number of amides is 1. The number of hydrogen-bond donors (Lipinski definition) is 1. The van der Waals surface area contributed by atoms with Crippen molar-refractivity contribution >= 4 is 17.7 Å². The predicted molar refractivity (Wildman–Crippen MR) is 83.1 cm³/mol. The molecule has 2 nitrogen and oxygen atoms in total. The fourth-order valence-corrected chi connectivity index (χ4v) is 3.40. The molecule has 0 atom stereocenters. The van der Waals surface area contributed by atoms with Crippen LogP contribution >= 0.6 is 11.8 Å². The molecule has 3 heteroatoms. The van der Waals surface area contributed by atoms with Crippen molar-refractivity contribution < 1.29 is 4.79 Å². The minimum atomic E-state index is 0.166. The highest BCUT2D eigenvalue weighted by Gasteiger charge is 2.26. The Morgan fingerprint density at radius 1 is 1.11 bits per heavy atom. The van der Waals surface area contributed by atoms with Gasteiger partial charge in [-0.25, -0.2) is 0 Å². The van der Waals surface area contributed by atoms with Crippen LogP contribution in [0.1, 0.15) is 67.2 Å². The molecule has 0 spiro atoms. The molecule has 0 aromatic heterocycles. The first-order valence-electron chi connectivity index (χ1n) is 7.07. The average molecular weight is 273 g/mol. The maximum absolute atomic E-state index is 11.7. The Bertz CT molecular complexity index is 243. The Hall–Kier alpha value is -0.180. The number of rotatable bonds is 8. The Labute approximate surface area is 118 Å². The van der Waals surface area contributed by atoms with Gasteiger partial charge in [0.25, 0.3) is 0 Å². The van der Waals surface area contributed by atoms with Gasteiger partial charge in [0.1, 0.15) is 0 Å². The summed E-state index contributed by atoms with van der Waals surface area (Å²) in [5.41, 5.74) is 0.314. The zero-order valence-corrected chi connectivity index (χ0v) is 13.9. The summed E-state index contributed by atoms with van der Waals surface area (Å²) in [5, 5.41) is 2.99. The van der Waals surface area contributed by atoms with E-state index in [4.69, 9.17) is 0 Å². The van der Waals surface area contributed by atoms with Crippen molar-refractivity contribution in [2.75, 3.05) is 12.3 Å². The SMILES string of the molecule is CCCCCNC(=O)CSC(C)(C)CC(C)(C)C. The van der Waals surface area contributed by atoms with E-state index in [1.165, 1.54) is 12.8 Å². The molecule has 0 aliphatic carbocycles. The second kappa shape index (κ2) is 8.08. The third-order valence-corrected chi connectivity index (χ3v) is 3.98. The molecule has 0 radical (unpaired) electrons. The molecule has 0 aliphatic rings. The molecule has 18 heavy (non-hydrogen) atoms. The maximum atomic E-state index is 11.7. The normalized spacial score (nSPS) is 12.6. The number of hydrogen-bond acceptors (Lipinski definition) is 2. The van der Waals surface area contributed by atoms with Crippen molar-refractivity contribution in [3.05, 3.63) is 0 Å². The van der Waals surface area contributed by atoms with Crippen LogP contribution < -0.4 is 5.32 Å². The van der Waals surface area contributed by atoms with E-state index in [1.54, 1.807) is 11.8 Å². The lowest BCUT2D eigenvalue weighted by molar-refractivity contribution is -0.118. The third kappa shape index (κ3) is 10.9. The zero-order valence-electron chi connectivity index (χ0n) is 13.1. The standard InChI is InChI=1S/C15H31NOS/c1-7-8-9-10-16-13(17)11-18-15(5,6)12-14(2,3)4/h7-12H2,1-6H3,(H,16,17). The fraction of sp³-hybridized carbons (Fsp3) is 0.933. The molecule has 0 bridgehead atoms. The van der Waals surface area contributed by atoms with Gasteiger partial charge < -0.3 is 5.32 Å². The first kappa shape index (κ1) is 17.8. The molecule has 0 fully saturated rings. The summed E-state index contributed by atoms with van der Waals surface area (Å²) in [6.45, 7) is 14.2. The van der Waals surface area contributed by atoms with E-state index in [9.17, 15) is 4.79 Å². The van der Waals surface area contributed by atoms with Gasteiger partial charge in [-0.15, -0.1) is 11.8 Å². The Morgan fingerprint density at radius 2 is 1.72 bits per heavy atom. The molecule has 0 aliphatic heterocycles. The lowest BCUT2D eigenvalue weighted by atomic mass is 9.86. The number of nitrogens with one attached hydrogen (secondary N) is 1. The van der Waals surface area contributed by atoms with Crippen molar-refractivity contribution in [1.82, 2.24) is 5.32 Å². The van der Waals surface area contributed by atoms with E-state index in [0.29, 0.717) is 11.2 Å². The van der Waals surface area contributed by atoms with Crippen LogP contribution in [0.3, 0.4) is 0 Å². The smallest absolute Gasteiger partial charge is 0.230 e. The minimum Gasteiger partial charge on any atom is -0.355 e. The fourth-order valence-electron chi connectivity index (χ4n) is 2.24. The summed E-state index contributed by atoms with van der Waals surface area (Å²) in [6.07, 6.45) is 4.61. The van der Waals surface area contributed by atoms with Gasteiger partial charge >= 0.3 is 0 Å². The molecular formula is C15H31NOS. The summed E-state index contributed by atoms with van der Waals surface area (Å²) in [7, 11) is 0. The molecule has 0 aromatic rings. The molecule has 0 saturated carbocycles. The van der Waals surface area contributed by atoms with Crippen molar-refractivity contribution in [2.45, 2.75) is 72.0 Å². The molecule has 1 amide bonds. The van der Waals surface area contributed by atoms with E-state index in [2.05, 4.69) is 46.9 Å². The molecule has 0 heterocycles. The van der Waals surface area contributed by atoms with Gasteiger partial charge in [-0.05, 0) is 18.3 Å². The first-order chi connectivity index (χ1) is 8.16.